The molecule has 8 heteroatoms. The van der Waals surface area contributed by atoms with Gasteiger partial charge in [0.1, 0.15) is 12.2 Å². The average molecular weight is 475 g/mol. The minimum atomic E-state index is -0.808. The van der Waals surface area contributed by atoms with Crippen molar-refractivity contribution in [3.63, 3.8) is 0 Å². The highest BCUT2D eigenvalue weighted by atomic mass is 32.1. The standard InChI is InChI=1S/C26H26N4O3S/c1-26-13-10-22(31)30(26)20-8-4-2-6-18(20)25(33)29(26)16-23(32)28-14-11-17(12-15-28)24-27-19-7-3-5-9-21(19)34-24/h2-9,17H,10-16H2,1H3. The molecular weight excluding hydrogens is 448 g/mol. The zero-order valence-corrected chi connectivity index (χ0v) is 19.9. The fraction of sp³-hybridized carbons (Fsp3) is 0.385. The van der Waals surface area contributed by atoms with E-state index in [1.807, 2.05) is 42.2 Å². The van der Waals surface area contributed by atoms with Crippen molar-refractivity contribution in [2.75, 3.05) is 24.5 Å². The van der Waals surface area contributed by atoms with Crippen LogP contribution < -0.4 is 4.90 Å². The fourth-order valence-corrected chi connectivity index (χ4v) is 6.75. The van der Waals surface area contributed by atoms with Crippen molar-refractivity contribution in [1.29, 1.82) is 0 Å². The molecular formula is C26H26N4O3S. The Morgan fingerprint density at radius 3 is 2.62 bits per heavy atom. The van der Waals surface area contributed by atoms with Crippen LogP contribution in [0.15, 0.2) is 48.5 Å². The number of carbonyl (C=O) groups is 3. The molecule has 174 valence electrons. The summed E-state index contributed by atoms with van der Waals surface area (Å²) in [7, 11) is 0. The van der Waals surface area contributed by atoms with Gasteiger partial charge in [-0.15, -0.1) is 11.3 Å². The van der Waals surface area contributed by atoms with Gasteiger partial charge in [-0.1, -0.05) is 24.3 Å². The predicted octanol–water partition coefficient (Wildman–Crippen LogP) is 4.00. The summed E-state index contributed by atoms with van der Waals surface area (Å²) in [5.74, 6) is 0.111. The number of rotatable bonds is 3. The molecule has 3 aliphatic heterocycles. The number of amides is 3. The molecule has 6 rings (SSSR count). The van der Waals surface area contributed by atoms with Crippen molar-refractivity contribution in [2.45, 2.75) is 44.2 Å². The van der Waals surface area contributed by atoms with E-state index < -0.39 is 5.66 Å². The maximum atomic E-state index is 13.4. The number of hydrogen-bond donors (Lipinski definition) is 0. The summed E-state index contributed by atoms with van der Waals surface area (Å²) in [5, 5.41) is 1.14. The first kappa shape index (κ1) is 21.3. The highest BCUT2D eigenvalue weighted by Gasteiger charge is 2.53. The van der Waals surface area contributed by atoms with Gasteiger partial charge in [-0.2, -0.15) is 0 Å². The zero-order chi connectivity index (χ0) is 23.4. The third-order valence-corrected chi connectivity index (χ3v) is 8.75. The molecule has 1 atom stereocenters. The van der Waals surface area contributed by atoms with Gasteiger partial charge in [0, 0.05) is 25.4 Å². The third-order valence-electron chi connectivity index (χ3n) is 7.55. The van der Waals surface area contributed by atoms with Crippen LogP contribution in [0.25, 0.3) is 10.2 Å². The lowest BCUT2D eigenvalue weighted by Crippen LogP contribution is -2.64. The zero-order valence-electron chi connectivity index (χ0n) is 19.1. The quantitative estimate of drug-likeness (QED) is 0.575. The molecule has 2 fully saturated rings. The van der Waals surface area contributed by atoms with Crippen LogP contribution in [-0.4, -0.2) is 57.8 Å². The topological polar surface area (TPSA) is 73.8 Å². The Kier molecular flexibility index (Phi) is 4.95. The summed E-state index contributed by atoms with van der Waals surface area (Å²) in [4.78, 5) is 49.5. The summed E-state index contributed by atoms with van der Waals surface area (Å²) in [6, 6.07) is 15.4. The first-order valence-electron chi connectivity index (χ1n) is 11.8. The number of aromatic nitrogens is 1. The number of hydrogen-bond acceptors (Lipinski definition) is 5. The second-order valence-electron chi connectivity index (χ2n) is 9.53. The molecule has 1 aromatic heterocycles. The number of fused-ring (bicyclic) bond motifs is 4. The lowest BCUT2D eigenvalue weighted by Gasteiger charge is -2.48. The van der Waals surface area contributed by atoms with E-state index in [4.69, 9.17) is 4.98 Å². The average Bonchev–Trinajstić information content (AvgIpc) is 3.43. The molecule has 7 nitrogen and oxygen atoms in total. The minimum absolute atomic E-state index is 0.00320. The number of anilines is 1. The Hall–Kier alpha value is -3.26. The number of thiazole rings is 1. The van der Waals surface area contributed by atoms with Gasteiger partial charge >= 0.3 is 0 Å². The first-order valence-corrected chi connectivity index (χ1v) is 12.6. The van der Waals surface area contributed by atoms with Crippen LogP contribution in [0, 0.1) is 0 Å². The molecule has 3 aromatic rings. The number of para-hydroxylation sites is 2. The number of nitrogens with zero attached hydrogens (tertiary/aromatic N) is 4. The van der Waals surface area contributed by atoms with Crippen LogP contribution in [0.3, 0.4) is 0 Å². The maximum Gasteiger partial charge on any atom is 0.258 e. The molecule has 0 spiro atoms. The van der Waals surface area contributed by atoms with Crippen LogP contribution in [0.4, 0.5) is 5.69 Å². The summed E-state index contributed by atoms with van der Waals surface area (Å²) < 4.78 is 1.20. The van der Waals surface area contributed by atoms with E-state index in [1.165, 1.54) is 4.70 Å². The second-order valence-corrected chi connectivity index (χ2v) is 10.6. The van der Waals surface area contributed by atoms with Crippen LogP contribution in [0.2, 0.25) is 0 Å². The largest absolute Gasteiger partial charge is 0.341 e. The van der Waals surface area contributed by atoms with E-state index in [1.54, 1.807) is 33.3 Å². The molecule has 0 radical (unpaired) electrons. The third kappa shape index (κ3) is 3.23. The molecule has 4 heterocycles. The van der Waals surface area contributed by atoms with Gasteiger partial charge in [0.05, 0.1) is 26.5 Å². The van der Waals surface area contributed by atoms with Crippen molar-refractivity contribution in [3.05, 3.63) is 59.1 Å². The Morgan fingerprint density at radius 2 is 1.82 bits per heavy atom. The van der Waals surface area contributed by atoms with Gasteiger partial charge in [0.25, 0.3) is 5.91 Å². The number of piperidine rings is 1. The van der Waals surface area contributed by atoms with Crippen molar-refractivity contribution in [3.8, 4) is 0 Å². The monoisotopic (exact) mass is 474 g/mol. The number of likely N-dealkylation sites (tertiary alicyclic amines) is 1. The summed E-state index contributed by atoms with van der Waals surface area (Å²) in [6.07, 6.45) is 2.63. The molecule has 3 aliphatic rings. The van der Waals surface area contributed by atoms with Crippen LogP contribution in [-0.2, 0) is 9.59 Å². The van der Waals surface area contributed by atoms with Gasteiger partial charge in [0.15, 0.2) is 0 Å². The van der Waals surface area contributed by atoms with E-state index in [0.29, 0.717) is 43.1 Å². The minimum Gasteiger partial charge on any atom is -0.341 e. The Labute approximate surface area is 202 Å². The number of benzene rings is 2. The van der Waals surface area contributed by atoms with Crippen LogP contribution >= 0.6 is 11.3 Å². The van der Waals surface area contributed by atoms with Gasteiger partial charge < -0.3 is 9.80 Å². The van der Waals surface area contributed by atoms with E-state index in [2.05, 4.69) is 6.07 Å². The van der Waals surface area contributed by atoms with Crippen molar-refractivity contribution in [1.82, 2.24) is 14.8 Å². The lowest BCUT2D eigenvalue weighted by molar-refractivity contribution is -0.134. The first-order chi connectivity index (χ1) is 16.5. The van der Waals surface area contributed by atoms with E-state index in [0.717, 1.165) is 23.4 Å². The van der Waals surface area contributed by atoms with Crippen molar-refractivity contribution in [2.24, 2.45) is 0 Å². The molecule has 0 saturated carbocycles. The molecule has 1 unspecified atom stereocenters. The highest BCUT2D eigenvalue weighted by Crippen LogP contribution is 2.44. The molecule has 34 heavy (non-hydrogen) atoms. The van der Waals surface area contributed by atoms with Crippen molar-refractivity contribution < 1.29 is 14.4 Å². The van der Waals surface area contributed by atoms with Gasteiger partial charge in [-0.25, -0.2) is 4.98 Å². The highest BCUT2D eigenvalue weighted by molar-refractivity contribution is 7.18. The summed E-state index contributed by atoms with van der Waals surface area (Å²) >= 11 is 1.74. The number of carbonyl (C=O) groups excluding carboxylic acids is 3. The molecule has 0 aliphatic carbocycles. The van der Waals surface area contributed by atoms with E-state index in [9.17, 15) is 14.4 Å². The van der Waals surface area contributed by atoms with E-state index >= 15 is 0 Å². The molecule has 0 N–H and O–H groups in total. The Morgan fingerprint density at radius 1 is 1.09 bits per heavy atom. The molecule has 3 amide bonds. The predicted molar refractivity (Wildman–Crippen MR) is 131 cm³/mol. The Balaban J connectivity index is 1.18. The van der Waals surface area contributed by atoms with Crippen molar-refractivity contribution >= 4 is 45.0 Å². The Bertz CT molecular complexity index is 1280. The van der Waals surface area contributed by atoms with Crippen LogP contribution in [0.1, 0.15) is 53.9 Å². The molecule has 2 aromatic carbocycles. The molecule has 2 saturated heterocycles. The second kappa shape index (κ2) is 7.91. The van der Waals surface area contributed by atoms with E-state index in [-0.39, 0.29) is 24.3 Å². The van der Waals surface area contributed by atoms with Crippen LogP contribution in [0.5, 0.6) is 0 Å². The normalized spacial score (nSPS) is 22.9. The maximum absolute atomic E-state index is 13.4. The summed E-state index contributed by atoms with van der Waals surface area (Å²) in [5.41, 5.74) is 1.36. The van der Waals surface area contributed by atoms with Gasteiger partial charge in [0.2, 0.25) is 11.8 Å². The molecule has 0 bridgehead atoms. The smallest absolute Gasteiger partial charge is 0.258 e. The van der Waals surface area contributed by atoms with Gasteiger partial charge in [-0.05, 0) is 50.5 Å². The SMILES string of the molecule is CC12CCC(=O)N1c1ccccc1C(=O)N2CC(=O)N1CCC(c2nc3ccccc3s2)CC1. The lowest BCUT2D eigenvalue weighted by atomic mass is 9.96. The summed E-state index contributed by atoms with van der Waals surface area (Å²) in [6.45, 7) is 3.19. The van der Waals surface area contributed by atoms with Gasteiger partial charge in [-0.3, -0.25) is 19.3 Å². The fourth-order valence-electron chi connectivity index (χ4n) is 5.62.